The first-order chi connectivity index (χ1) is 14.1. The highest BCUT2D eigenvalue weighted by Gasteiger charge is 2.40. The summed E-state index contributed by atoms with van der Waals surface area (Å²) in [4.78, 5) is 4.69. The number of hydrogen-bond acceptors (Lipinski definition) is 3. The van der Waals surface area contributed by atoms with E-state index in [1.165, 1.54) is 12.8 Å². The zero-order valence-electron chi connectivity index (χ0n) is 22.0. The molecule has 3 nitrogen and oxygen atoms in total. The van der Waals surface area contributed by atoms with Gasteiger partial charge in [0, 0.05) is 17.8 Å². The van der Waals surface area contributed by atoms with Crippen LogP contribution in [0, 0.1) is 22.7 Å². The second-order valence-corrected chi connectivity index (χ2v) is 13.1. The van der Waals surface area contributed by atoms with Crippen molar-refractivity contribution in [3.8, 4) is 0 Å². The van der Waals surface area contributed by atoms with Gasteiger partial charge in [-0.25, -0.2) is 0 Å². The first-order valence-electron chi connectivity index (χ1n) is 12.3. The molecule has 0 amide bonds. The molecular weight excluding hydrogens is 382 g/mol. The van der Waals surface area contributed by atoms with Crippen LogP contribution in [-0.4, -0.2) is 29.4 Å². The van der Waals surface area contributed by atoms with Crippen LogP contribution in [0.15, 0.2) is 24.4 Å². The van der Waals surface area contributed by atoms with Crippen LogP contribution in [0.1, 0.15) is 107 Å². The molecule has 0 bridgehead atoms. The van der Waals surface area contributed by atoms with Gasteiger partial charge in [0.1, 0.15) is 0 Å². The highest BCUT2D eigenvalue weighted by molar-refractivity contribution is 5.13. The van der Waals surface area contributed by atoms with Crippen molar-refractivity contribution in [3.63, 3.8) is 0 Å². The molecule has 3 heteroatoms. The first kappa shape index (κ1) is 26.3. The SMILES string of the molecule is CC(C)(C)OCC(c1ccccn1)C(C)(C)CCC(C)(C)OCC(C1CC1)C(C)(C)C. The van der Waals surface area contributed by atoms with E-state index in [-0.39, 0.29) is 22.5 Å². The molecule has 0 saturated heterocycles. The zero-order valence-corrected chi connectivity index (χ0v) is 22.0. The smallest absolute Gasteiger partial charge is 0.0626 e. The first-order valence-corrected chi connectivity index (χ1v) is 12.3. The Hall–Kier alpha value is -0.930. The monoisotopic (exact) mass is 431 g/mol. The number of pyridine rings is 1. The summed E-state index contributed by atoms with van der Waals surface area (Å²) in [7, 11) is 0. The van der Waals surface area contributed by atoms with E-state index in [2.05, 4.69) is 81.4 Å². The largest absolute Gasteiger partial charge is 0.375 e. The predicted molar refractivity (Wildman–Crippen MR) is 131 cm³/mol. The summed E-state index contributed by atoms with van der Waals surface area (Å²) in [6, 6.07) is 6.21. The predicted octanol–water partition coefficient (Wildman–Crippen LogP) is 7.65. The van der Waals surface area contributed by atoms with Crippen LogP contribution < -0.4 is 0 Å². The van der Waals surface area contributed by atoms with E-state index in [1.807, 2.05) is 12.3 Å². The quantitative estimate of drug-likeness (QED) is 0.360. The second kappa shape index (κ2) is 9.91. The molecule has 0 spiro atoms. The van der Waals surface area contributed by atoms with Gasteiger partial charge in [-0.05, 0) is 95.1 Å². The van der Waals surface area contributed by atoms with Crippen LogP contribution in [0.25, 0.3) is 0 Å². The van der Waals surface area contributed by atoms with Crippen LogP contribution >= 0.6 is 0 Å². The Kier molecular flexibility index (Phi) is 8.42. The van der Waals surface area contributed by atoms with Crippen molar-refractivity contribution in [3.05, 3.63) is 30.1 Å². The molecule has 0 radical (unpaired) electrons. The molecule has 1 aliphatic carbocycles. The van der Waals surface area contributed by atoms with Crippen LogP contribution in [0.3, 0.4) is 0 Å². The Morgan fingerprint density at radius 2 is 1.52 bits per heavy atom. The molecule has 1 aliphatic rings. The van der Waals surface area contributed by atoms with Crippen molar-refractivity contribution in [1.29, 1.82) is 0 Å². The molecule has 178 valence electrons. The molecule has 0 aromatic carbocycles. The molecule has 1 fully saturated rings. The van der Waals surface area contributed by atoms with Crippen LogP contribution in [0.2, 0.25) is 0 Å². The number of hydrogen-bond donors (Lipinski definition) is 0. The summed E-state index contributed by atoms with van der Waals surface area (Å²) in [5, 5.41) is 0. The van der Waals surface area contributed by atoms with Gasteiger partial charge in [-0.3, -0.25) is 4.98 Å². The highest BCUT2D eigenvalue weighted by Crippen LogP contribution is 2.46. The van der Waals surface area contributed by atoms with Gasteiger partial charge in [0.15, 0.2) is 0 Å². The van der Waals surface area contributed by atoms with Crippen molar-refractivity contribution < 1.29 is 9.47 Å². The minimum atomic E-state index is -0.156. The second-order valence-electron chi connectivity index (χ2n) is 13.1. The average Bonchev–Trinajstić information content (AvgIpc) is 3.44. The van der Waals surface area contributed by atoms with Gasteiger partial charge in [0.25, 0.3) is 0 Å². The van der Waals surface area contributed by atoms with Gasteiger partial charge in [0.2, 0.25) is 0 Å². The zero-order chi connectivity index (χ0) is 23.5. The van der Waals surface area contributed by atoms with E-state index in [0.717, 1.165) is 31.1 Å². The molecule has 1 aromatic heterocycles. The lowest BCUT2D eigenvalue weighted by atomic mass is 9.72. The lowest BCUT2D eigenvalue weighted by Gasteiger charge is -2.39. The van der Waals surface area contributed by atoms with Crippen LogP contribution in [0.4, 0.5) is 0 Å². The van der Waals surface area contributed by atoms with Gasteiger partial charge in [-0.15, -0.1) is 0 Å². The van der Waals surface area contributed by atoms with E-state index in [4.69, 9.17) is 14.5 Å². The summed E-state index contributed by atoms with van der Waals surface area (Å²) in [6.07, 6.45) is 6.74. The maximum atomic E-state index is 6.57. The maximum absolute atomic E-state index is 6.57. The van der Waals surface area contributed by atoms with Crippen molar-refractivity contribution >= 4 is 0 Å². The summed E-state index contributed by atoms with van der Waals surface area (Å²) in [5.41, 5.74) is 1.20. The minimum Gasteiger partial charge on any atom is -0.375 e. The van der Waals surface area contributed by atoms with Crippen LogP contribution in [-0.2, 0) is 9.47 Å². The summed E-state index contributed by atoms with van der Waals surface area (Å²) >= 11 is 0. The van der Waals surface area contributed by atoms with E-state index in [1.54, 1.807) is 0 Å². The molecule has 2 unspecified atom stereocenters. The van der Waals surface area contributed by atoms with E-state index >= 15 is 0 Å². The molecular formula is C28H49NO2. The third kappa shape index (κ3) is 8.85. The fourth-order valence-electron chi connectivity index (χ4n) is 4.40. The Morgan fingerprint density at radius 3 is 2.00 bits per heavy atom. The summed E-state index contributed by atoms with van der Waals surface area (Å²) < 4.78 is 12.8. The van der Waals surface area contributed by atoms with Crippen molar-refractivity contribution in [2.75, 3.05) is 13.2 Å². The number of ether oxygens (including phenoxy) is 2. The van der Waals surface area contributed by atoms with Gasteiger partial charge in [-0.2, -0.15) is 0 Å². The fourth-order valence-corrected chi connectivity index (χ4v) is 4.40. The Morgan fingerprint density at radius 1 is 0.871 bits per heavy atom. The minimum absolute atomic E-state index is 0.0557. The number of aromatic nitrogens is 1. The molecule has 2 atom stereocenters. The highest BCUT2D eigenvalue weighted by atomic mass is 16.5. The summed E-state index contributed by atoms with van der Waals surface area (Å²) in [6.45, 7) is 24.3. The molecule has 1 saturated carbocycles. The maximum Gasteiger partial charge on any atom is 0.0626 e. The summed E-state index contributed by atoms with van der Waals surface area (Å²) in [5.74, 6) is 1.76. The Labute approximate surface area is 192 Å². The van der Waals surface area contributed by atoms with E-state index < -0.39 is 0 Å². The molecule has 1 aromatic rings. The number of rotatable bonds is 11. The third-order valence-corrected chi connectivity index (χ3v) is 7.00. The standard InChI is InChI=1S/C28H49NO2/c1-25(2,3)22(21-14-15-21)19-31-28(9,10)17-16-27(7,8)23(20-30-26(4,5)6)24-13-11-12-18-29-24/h11-13,18,21-23H,14-17,19-20H2,1-10H3. The van der Waals surface area contributed by atoms with Gasteiger partial charge >= 0.3 is 0 Å². The Balaban J connectivity index is 2.03. The molecule has 0 N–H and O–H groups in total. The van der Waals surface area contributed by atoms with E-state index in [9.17, 15) is 0 Å². The van der Waals surface area contributed by atoms with Crippen LogP contribution in [0.5, 0.6) is 0 Å². The van der Waals surface area contributed by atoms with Crippen molar-refractivity contribution in [1.82, 2.24) is 4.98 Å². The van der Waals surface area contributed by atoms with Gasteiger partial charge in [-0.1, -0.05) is 40.7 Å². The lowest BCUT2D eigenvalue weighted by molar-refractivity contribution is -0.0712. The van der Waals surface area contributed by atoms with Gasteiger partial charge in [0.05, 0.1) is 24.4 Å². The topological polar surface area (TPSA) is 31.4 Å². The fraction of sp³-hybridized carbons (Fsp3) is 0.821. The normalized spacial score (nSPS) is 18.1. The third-order valence-electron chi connectivity index (χ3n) is 7.00. The van der Waals surface area contributed by atoms with E-state index in [0.29, 0.717) is 17.9 Å². The van der Waals surface area contributed by atoms with Crippen molar-refractivity contribution in [2.24, 2.45) is 22.7 Å². The lowest BCUT2D eigenvalue weighted by Crippen LogP contribution is -2.36. The molecule has 2 rings (SSSR count). The van der Waals surface area contributed by atoms with Crippen molar-refractivity contribution in [2.45, 2.75) is 112 Å². The number of nitrogens with zero attached hydrogens (tertiary/aromatic N) is 1. The molecule has 1 heterocycles. The average molecular weight is 432 g/mol. The Bertz CT molecular complexity index is 662. The molecule has 0 aliphatic heterocycles. The molecule has 31 heavy (non-hydrogen) atoms. The van der Waals surface area contributed by atoms with Gasteiger partial charge < -0.3 is 9.47 Å².